The van der Waals surface area contributed by atoms with Crippen LogP contribution in [0.1, 0.15) is 17.0 Å². The fourth-order valence-electron chi connectivity index (χ4n) is 2.60. The summed E-state index contributed by atoms with van der Waals surface area (Å²) in [7, 11) is 0. The molecule has 14 heteroatoms. The number of nitriles is 1. The number of hydrogen-bond donors (Lipinski definition) is 0. The topological polar surface area (TPSA) is 63.2 Å². The highest BCUT2D eigenvalue weighted by atomic mass is 19.4. The summed E-state index contributed by atoms with van der Waals surface area (Å²) in [5.41, 5.74) is -5.32. The standard InChI is InChI=1S/C17H7F9N4O/c18-13(19)14(20)31-11-2-1-7(3-8(11)16(21,22)23)9-4-12(17(24,25)26)30-6-28-10(5-27)15(30)29-9/h1-4,6,13-14H. The van der Waals surface area contributed by atoms with Gasteiger partial charge in [0.2, 0.25) is 0 Å². The second kappa shape index (κ2) is 7.64. The quantitative estimate of drug-likeness (QED) is 0.506. The lowest BCUT2D eigenvalue weighted by molar-refractivity contribution is -0.142. The lowest BCUT2D eigenvalue weighted by Crippen LogP contribution is -2.21. The minimum absolute atomic E-state index is 0.273. The first-order valence-corrected chi connectivity index (χ1v) is 7.99. The third-order valence-corrected chi connectivity index (χ3v) is 3.92. The van der Waals surface area contributed by atoms with Gasteiger partial charge in [-0.05, 0) is 24.3 Å². The molecule has 5 nitrogen and oxygen atoms in total. The number of fused-ring (bicyclic) bond motifs is 1. The molecule has 2 aromatic heterocycles. The summed E-state index contributed by atoms with van der Waals surface area (Å²) in [4.78, 5) is 7.24. The Balaban J connectivity index is 2.22. The molecule has 0 fully saturated rings. The molecule has 0 radical (unpaired) electrons. The zero-order valence-electron chi connectivity index (χ0n) is 14.6. The lowest BCUT2D eigenvalue weighted by Gasteiger charge is -2.17. The highest BCUT2D eigenvalue weighted by molar-refractivity contribution is 5.67. The van der Waals surface area contributed by atoms with Gasteiger partial charge < -0.3 is 4.74 Å². The molecule has 1 aromatic carbocycles. The van der Waals surface area contributed by atoms with E-state index in [1.54, 1.807) is 0 Å². The molecule has 31 heavy (non-hydrogen) atoms. The normalized spacial score (nSPS) is 13.5. The second-order valence-electron chi connectivity index (χ2n) is 5.94. The number of halogens is 9. The molecule has 0 aliphatic carbocycles. The van der Waals surface area contributed by atoms with Gasteiger partial charge >= 0.3 is 18.8 Å². The molecule has 0 spiro atoms. The third-order valence-electron chi connectivity index (χ3n) is 3.92. The van der Waals surface area contributed by atoms with Gasteiger partial charge in [-0.2, -0.15) is 36.0 Å². The fraction of sp³-hybridized carbons (Fsp3) is 0.235. The summed E-state index contributed by atoms with van der Waals surface area (Å²) in [5.74, 6) is -1.29. The van der Waals surface area contributed by atoms with Gasteiger partial charge in [0.15, 0.2) is 11.3 Å². The van der Waals surface area contributed by atoms with Gasteiger partial charge in [0.1, 0.15) is 23.8 Å². The number of imidazole rings is 1. The second-order valence-corrected chi connectivity index (χ2v) is 5.94. The Labute approximate surface area is 166 Å². The summed E-state index contributed by atoms with van der Waals surface area (Å²) in [6.45, 7) is 0. The number of benzene rings is 1. The van der Waals surface area contributed by atoms with E-state index in [-0.39, 0.29) is 6.07 Å². The van der Waals surface area contributed by atoms with Gasteiger partial charge in [-0.25, -0.2) is 18.7 Å². The maximum Gasteiger partial charge on any atom is 0.431 e. The van der Waals surface area contributed by atoms with E-state index < -0.39 is 64.7 Å². The van der Waals surface area contributed by atoms with Crippen molar-refractivity contribution in [1.82, 2.24) is 14.4 Å². The van der Waals surface area contributed by atoms with Crippen LogP contribution in [-0.4, -0.2) is 27.2 Å². The van der Waals surface area contributed by atoms with Crippen LogP contribution in [0.25, 0.3) is 16.9 Å². The van der Waals surface area contributed by atoms with E-state index in [1.807, 2.05) is 0 Å². The van der Waals surface area contributed by atoms with Crippen molar-refractivity contribution in [3.63, 3.8) is 0 Å². The van der Waals surface area contributed by atoms with Crippen LogP contribution in [-0.2, 0) is 12.4 Å². The maximum absolute atomic E-state index is 13.4. The molecular weight excluding hydrogens is 447 g/mol. The van der Waals surface area contributed by atoms with E-state index in [2.05, 4.69) is 14.7 Å². The van der Waals surface area contributed by atoms with Crippen molar-refractivity contribution < 1.29 is 44.3 Å². The molecule has 1 atom stereocenters. The van der Waals surface area contributed by atoms with Crippen LogP contribution < -0.4 is 4.74 Å². The van der Waals surface area contributed by atoms with Gasteiger partial charge in [0, 0.05) is 5.56 Å². The number of aromatic nitrogens is 3. The molecule has 0 N–H and O–H groups in total. The minimum atomic E-state index is -5.22. The fourth-order valence-corrected chi connectivity index (χ4v) is 2.60. The van der Waals surface area contributed by atoms with Crippen LogP contribution in [0, 0.1) is 11.3 Å². The first-order valence-electron chi connectivity index (χ1n) is 7.99. The van der Waals surface area contributed by atoms with Crippen LogP contribution in [0.5, 0.6) is 5.75 Å². The molecule has 3 aromatic rings. The molecule has 2 heterocycles. The zero-order chi connectivity index (χ0) is 23.1. The minimum Gasteiger partial charge on any atom is -0.454 e. The zero-order valence-corrected chi connectivity index (χ0v) is 14.6. The molecule has 0 aliphatic rings. The molecule has 0 saturated carbocycles. The average Bonchev–Trinajstić information content (AvgIpc) is 3.08. The van der Waals surface area contributed by atoms with Crippen LogP contribution in [0.15, 0.2) is 30.6 Å². The summed E-state index contributed by atoms with van der Waals surface area (Å²) < 4.78 is 122. The summed E-state index contributed by atoms with van der Waals surface area (Å²) in [5, 5.41) is 8.99. The van der Waals surface area contributed by atoms with E-state index in [9.17, 15) is 39.5 Å². The highest BCUT2D eigenvalue weighted by Crippen LogP contribution is 2.40. The highest BCUT2D eigenvalue weighted by Gasteiger charge is 2.38. The predicted octanol–water partition coefficient (Wildman–Crippen LogP) is 5.25. The molecule has 0 saturated heterocycles. The van der Waals surface area contributed by atoms with Crippen molar-refractivity contribution >= 4 is 5.65 Å². The van der Waals surface area contributed by atoms with Crippen molar-refractivity contribution in [1.29, 1.82) is 5.26 Å². The van der Waals surface area contributed by atoms with E-state index in [0.29, 0.717) is 22.9 Å². The third kappa shape index (κ3) is 4.35. The van der Waals surface area contributed by atoms with Crippen molar-refractivity contribution in [2.75, 3.05) is 0 Å². The first kappa shape index (κ1) is 22.2. The Morgan fingerprint density at radius 2 is 1.68 bits per heavy atom. The average molecular weight is 454 g/mol. The van der Waals surface area contributed by atoms with E-state index in [0.717, 1.165) is 6.07 Å². The summed E-state index contributed by atoms with van der Waals surface area (Å²) in [6, 6.07) is 3.46. The molecule has 0 aliphatic heterocycles. The number of ether oxygens (including phenoxy) is 1. The lowest BCUT2D eigenvalue weighted by atomic mass is 10.1. The predicted molar refractivity (Wildman–Crippen MR) is 84.7 cm³/mol. The molecule has 0 amide bonds. The van der Waals surface area contributed by atoms with E-state index in [4.69, 9.17) is 5.26 Å². The van der Waals surface area contributed by atoms with Crippen molar-refractivity contribution in [2.45, 2.75) is 25.1 Å². The van der Waals surface area contributed by atoms with E-state index in [1.165, 1.54) is 6.07 Å². The SMILES string of the molecule is N#Cc1ncn2c(C(F)(F)F)cc(-c3ccc(OC(F)C(F)F)c(C(F)(F)F)c3)nc12. The van der Waals surface area contributed by atoms with Gasteiger partial charge in [0.25, 0.3) is 6.36 Å². The van der Waals surface area contributed by atoms with Gasteiger partial charge in [-0.15, -0.1) is 0 Å². The van der Waals surface area contributed by atoms with Crippen LogP contribution in [0.3, 0.4) is 0 Å². The summed E-state index contributed by atoms with van der Waals surface area (Å²) >= 11 is 0. The van der Waals surface area contributed by atoms with Crippen molar-refractivity contribution in [3.8, 4) is 23.1 Å². The monoisotopic (exact) mass is 454 g/mol. The Morgan fingerprint density at radius 1 is 1.00 bits per heavy atom. The number of alkyl halides is 9. The van der Waals surface area contributed by atoms with E-state index >= 15 is 0 Å². The van der Waals surface area contributed by atoms with Gasteiger partial charge in [0.05, 0.1) is 11.3 Å². The summed E-state index contributed by atoms with van der Waals surface area (Å²) in [6.07, 6.45) is -16.6. The van der Waals surface area contributed by atoms with Gasteiger partial charge in [-0.1, -0.05) is 0 Å². The Bertz CT molecular complexity index is 1160. The van der Waals surface area contributed by atoms with Crippen LogP contribution in [0.2, 0.25) is 0 Å². The number of hydrogen-bond acceptors (Lipinski definition) is 4. The molecular formula is C17H7F9N4O. The molecule has 1 unspecified atom stereocenters. The van der Waals surface area contributed by atoms with Crippen molar-refractivity contribution in [3.05, 3.63) is 47.5 Å². The number of rotatable bonds is 4. The van der Waals surface area contributed by atoms with Crippen LogP contribution in [0.4, 0.5) is 39.5 Å². The molecule has 0 bridgehead atoms. The van der Waals surface area contributed by atoms with Crippen molar-refractivity contribution in [2.24, 2.45) is 0 Å². The smallest absolute Gasteiger partial charge is 0.431 e. The number of nitrogens with zero attached hydrogens (tertiary/aromatic N) is 4. The molecule has 3 rings (SSSR count). The Kier molecular flexibility index (Phi) is 5.47. The molecule has 164 valence electrons. The van der Waals surface area contributed by atoms with Gasteiger partial charge in [-0.3, -0.25) is 4.40 Å². The maximum atomic E-state index is 13.4. The van der Waals surface area contributed by atoms with Crippen LogP contribution >= 0.6 is 0 Å². The first-order chi connectivity index (χ1) is 14.3. The largest absolute Gasteiger partial charge is 0.454 e. The Morgan fingerprint density at radius 3 is 2.23 bits per heavy atom. The Hall–Kier alpha value is -3.50.